The summed E-state index contributed by atoms with van der Waals surface area (Å²) in [6.07, 6.45) is 0. The van der Waals surface area contributed by atoms with E-state index in [4.69, 9.17) is 23.1 Å². The lowest BCUT2D eigenvalue weighted by molar-refractivity contribution is 0.0995. The van der Waals surface area contributed by atoms with Gasteiger partial charge in [0.1, 0.15) is 0 Å². The second kappa shape index (κ2) is 2.67. The predicted octanol–water partition coefficient (Wildman–Crippen LogP) is -0.794. The van der Waals surface area contributed by atoms with Crippen LogP contribution in [0, 0.1) is 0 Å². The number of nitrogens with two attached hydrogens (primary N) is 2. The number of rotatable bonds is 1. The van der Waals surface area contributed by atoms with Crippen LogP contribution < -0.4 is 11.5 Å². The first-order valence-electron chi connectivity index (χ1n) is 2.56. The van der Waals surface area contributed by atoms with E-state index in [2.05, 4.69) is 15.2 Å². The molecule has 0 aliphatic carbocycles. The summed E-state index contributed by atoms with van der Waals surface area (Å²) in [4.78, 5) is 14.0. The molecular formula is C4H4ClN5O. The number of anilines is 1. The number of halogens is 1. The molecule has 1 heterocycles. The van der Waals surface area contributed by atoms with Crippen LogP contribution in [0.1, 0.15) is 10.5 Å². The van der Waals surface area contributed by atoms with Gasteiger partial charge in [0.25, 0.3) is 5.91 Å². The molecule has 6 nitrogen and oxygen atoms in total. The molecule has 0 bridgehead atoms. The standard InChI is InChI=1S/C4H4ClN5O/c5-2-1(3(6)11)8-4(7)10-9-2/h(H2,6,11)(H2,7,8,10). The number of carbonyl (C=O) groups is 1. The summed E-state index contributed by atoms with van der Waals surface area (Å²) in [6, 6.07) is 0. The highest BCUT2D eigenvalue weighted by molar-refractivity contribution is 6.32. The minimum Gasteiger partial charge on any atom is -0.366 e. The summed E-state index contributed by atoms with van der Waals surface area (Å²) >= 11 is 5.40. The normalized spacial score (nSPS) is 9.55. The van der Waals surface area contributed by atoms with Gasteiger partial charge in [-0.05, 0) is 0 Å². The van der Waals surface area contributed by atoms with E-state index in [0.29, 0.717) is 0 Å². The first kappa shape index (κ1) is 7.67. The fraction of sp³-hybridized carbons (Fsp3) is 0. The Balaban J connectivity index is 3.23. The molecule has 0 aliphatic rings. The zero-order chi connectivity index (χ0) is 8.43. The molecule has 0 fully saturated rings. The molecule has 1 aromatic rings. The monoisotopic (exact) mass is 173 g/mol. The van der Waals surface area contributed by atoms with E-state index < -0.39 is 5.91 Å². The maximum absolute atomic E-state index is 10.5. The average Bonchev–Trinajstić information content (AvgIpc) is 1.94. The molecule has 0 saturated carbocycles. The maximum atomic E-state index is 10.5. The van der Waals surface area contributed by atoms with E-state index in [-0.39, 0.29) is 16.8 Å². The highest BCUT2D eigenvalue weighted by Crippen LogP contribution is 2.07. The number of nitrogen functional groups attached to an aromatic ring is 1. The van der Waals surface area contributed by atoms with Crippen molar-refractivity contribution in [3.8, 4) is 0 Å². The fourth-order valence-electron chi connectivity index (χ4n) is 0.482. The van der Waals surface area contributed by atoms with E-state index in [1.54, 1.807) is 0 Å². The SMILES string of the molecule is NC(=O)c1nc(N)nnc1Cl. The summed E-state index contributed by atoms with van der Waals surface area (Å²) in [7, 11) is 0. The number of carbonyl (C=O) groups excluding carboxylic acids is 1. The molecule has 1 rings (SSSR count). The zero-order valence-electron chi connectivity index (χ0n) is 5.28. The second-order valence-corrected chi connectivity index (χ2v) is 2.03. The summed E-state index contributed by atoms with van der Waals surface area (Å²) in [5, 5.41) is 6.48. The Kier molecular flexibility index (Phi) is 1.86. The predicted molar refractivity (Wildman–Crippen MR) is 37.8 cm³/mol. The van der Waals surface area contributed by atoms with Crippen LogP contribution in [0.3, 0.4) is 0 Å². The van der Waals surface area contributed by atoms with Gasteiger partial charge < -0.3 is 11.5 Å². The van der Waals surface area contributed by atoms with Crippen LogP contribution >= 0.6 is 11.6 Å². The Labute approximate surface area is 66.6 Å². The molecule has 1 aromatic heterocycles. The minimum atomic E-state index is -0.781. The highest BCUT2D eigenvalue weighted by atomic mass is 35.5. The van der Waals surface area contributed by atoms with Crippen molar-refractivity contribution in [2.45, 2.75) is 0 Å². The zero-order valence-corrected chi connectivity index (χ0v) is 6.04. The average molecular weight is 174 g/mol. The van der Waals surface area contributed by atoms with E-state index in [1.807, 2.05) is 0 Å². The maximum Gasteiger partial charge on any atom is 0.270 e. The molecule has 0 radical (unpaired) electrons. The summed E-state index contributed by atoms with van der Waals surface area (Å²) in [6.45, 7) is 0. The van der Waals surface area contributed by atoms with Crippen molar-refractivity contribution in [2.24, 2.45) is 5.73 Å². The van der Waals surface area contributed by atoms with Gasteiger partial charge in [-0.3, -0.25) is 4.79 Å². The van der Waals surface area contributed by atoms with Crippen LogP contribution in [-0.2, 0) is 0 Å². The van der Waals surface area contributed by atoms with Crippen LogP contribution in [0.25, 0.3) is 0 Å². The third kappa shape index (κ3) is 1.53. The number of primary amides is 1. The van der Waals surface area contributed by atoms with E-state index in [0.717, 1.165) is 0 Å². The molecule has 0 saturated heterocycles. The van der Waals surface area contributed by atoms with Gasteiger partial charge in [-0.25, -0.2) is 4.98 Å². The number of aromatic nitrogens is 3. The largest absolute Gasteiger partial charge is 0.366 e. The van der Waals surface area contributed by atoms with Crippen LogP contribution in [-0.4, -0.2) is 21.1 Å². The summed E-state index contributed by atoms with van der Waals surface area (Å²) in [5.74, 6) is -0.917. The van der Waals surface area contributed by atoms with Crippen molar-refractivity contribution in [2.75, 3.05) is 5.73 Å². The lowest BCUT2D eigenvalue weighted by Gasteiger charge is -1.95. The van der Waals surface area contributed by atoms with Gasteiger partial charge in [0.05, 0.1) is 0 Å². The van der Waals surface area contributed by atoms with E-state index in [9.17, 15) is 4.79 Å². The van der Waals surface area contributed by atoms with Gasteiger partial charge in [0, 0.05) is 0 Å². The first-order valence-corrected chi connectivity index (χ1v) is 2.94. The Morgan fingerprint density at radius 1 is 1.45 bits per heavy atom. The van der Waals surface area contributed by atoms with Crippen LogP contribution in [0.15, 0.2) is 0 Å². The molecule has 1 amide bonds. The van der Waals surface area contributed by atoms with E-state index in [1.165, 1.54) is 0 Å². The molecule has 0 aliphatic heterocycles. The van der Waals surface area contributed by atoms with Crippen LogP contribution in [0.5, 0.6) is 0 Å². The minimum absolute atomic E-state index is 0.136. The Morgan fingerprint density at radius 2 is 2.09 bits per heavy atom. The summed E-state index contributed by atoms with van der Waals surface area (Å²) in [5.41, 5.74) is 9.82. The lowest BCUT2D eigenvalue weighted by atomic mass is 10.4. The van der Waals surface area contributed by atoms with Crippen molar-refractivity contribution in [3.63, 3.8) is 0 Å². The molecule has 0 aromatic carbocycles. The number of hydrogen-bond donors (Lipinski definition) is 2. The Hall–Kier alpha value is -1.43. The van der Waals surface area contributed by atoms with Crippen molar-refractivity contribution in [3.05, 3.63) is 10.8 Å². The van der Waals surface area contributed by atoms with Gasteiger partial charge in [-0.1, -0.05) is 11.6 Å². The molecule has 7 heteroatoms. The van der Waals surface area contributed by atoms with Crippen LogP contribution in [0.2, 0.25) is 5.15 Å². The first-order chi connectivity index (χ1) is 5.11. The third-order valence-electron chi connectivity index (χ3n) is 0.895. The van der Waals surface area contributed by atoms with Gasteiger partial charge in [-0.15, -0.1) is 10.2 Å². The third-order valence-corrected chi connectivity index (χ3v) is 1.15. The van der Waals surface area contributed by atoms with Gasteiger partial charge in [0.15, 0.2) is 10.8 Å². The van der Waals surface area contributed by atoms with Crippen molar-refractivity contribution < 1.29 is 4.79 Å². The van der Waals surface area contributed by atoms with Crippen molar-refractivity contribution in [1.82, 2.24) is 15.2 Å². The molecular weight excluding hydrogens is 170 g/mol. The number of amides is 1. The number of hydrogen-bond acceptors (Lipinski definition) is 5. The second-order valence-electron chi connectivity index (χ2n) is 1.67. The molecule has 0 atom stereocenters. The Bertz CT molecular complexity index is 301. The topological polar surface area (TPSA) is 108 Å². The smallest absolute Gasteiger partial charge is 0.270 e. The van der Waals surface area contributed by atoms with E-state index >= 15 is 0 Å². The molecule has 58 valence electrons. The van der Waals surface area contributed by atoms with Crippen molar-refractivity contribution >= 4 is 23.5 Å². The van der Waals surface area contributed by atoms with Gasteiger partial charge in [0.2, 0.25) is 5.95 Å². The Morgan fingerprint density at radius 3 is 2.55 bits per heavy atom. The summed E-state index contributed by atoms with van der Waals surface area (Å²) < 4.78 is 0. The van der Waals surface area contributed by atoms with Crippen molar-refractivity contribution in [1.29, 1.82) is 0 Å². The quantitative estimate of drug-likeness (QED) is 0.578. The lowest BCUT2D eigenvalue weighted by Crippen LogP contribution is -2.16. The molecule has 4 N–H and O–H groups in total. The molecule has 0 spiro atoms. The number of nitrogens with zero attached hydrogens (tertiary/aromatic N) is 3. The van der Waals surface area contributed by atoms with Crippen LogP contribution in [0.4, 0.5) is 5.95 Å². The van der Waals surface area contributed by atoms with Gasteiger partial charge >= 0.3 is 0 Å². The molecule has 0 unspecified atom stereocenters. The fourth-order valence-corrected chi connectivity index (χ4v) is 0.655. The molecule has 11 heavy (non-hydrogen) atoms. The van der Waals surface area contributed by atoms with Gasteiger partial charge in [-0.2, -0.15) is 0 Å². The highest BCUT2D eigenvalue weighted by Gasteiger charge is 2.10.